The highest BCUT2D eigenvalue weighted by Crippen LogP contribution is 2.36. The van der Waals surface area contributed by atoms with Crippen molar-refractivity contribution < 1.29 is 48.7 Å². The fraction of sp³-hybridized carbons (Fsp3) is 0.300. The summed E-state index contributed by atoms with van der Waals surface area (Å²) in [5, 5.41) is 49.8. The van der Waals surface area contributed by atoms with Crippen LogP contribution in [0.3, 0.4) is 0 Å². The largest absolute Gasteiger partial charge is 0.497 e. The molecule has 1 aliphatic rings. The van der Waals surface area contributed by atoms with Gasteiger partial charge < -0.3 is 54.5 Å². The van der Waals surface area contributed by atoms with Crippen molar-refractivity contribution in [2.75, 3.05) is 32.8 Å². The SMILES string of the molecule is COc1ccc2c(c1)C(=O)NC(c1ccc(OCCCCCOc3cc(-c4cc(-c5cc(CO)c(CO)c(CO)c5)no4)ccc3OC)c(CO)c1)N2. The lowest BCUT2D eigenvalue weighted by molar-refractivity contribution is 0.0935. The predicted octanol–water partition coefficient (Wildman–Crippen LogP) is 5.48. The zero-order valence-electron chi connectivity index (χ0n) is 29.6. The maximum absolute atomic E-state index is 12.8. The molecule has 0 saturated heterocycles. The number of unbranched alkanes of at least 4 members (excludes halogenated alkanes) is 2. The number of carbonyl (C=O) groups is 1. The molecule has 6 N–H and O–H groups in total. The first-order valence-electron chi connectivity index (χ1n) is 17.3. The number of hydrogen-bond donors (Lipinski definition) is 6. The number of benzene rings is 4. The molecule has 5 aromatic rings. The molecule has 13 heteroatoms. The maximum atomic E-state index is 12.8. The second-order valence-electron chi connectivity index (χ2n) is 12.4. The molecule has 0 bridgehead atoms. The zero-order valence-corrected chi connectivity index (χ0v) is 29.6. The topological polar surface area (TPSA) is 185 Å². The van der Waals surface area contributed by atoms with Gasteiger partial charge in [0.2, 0.25) is 0 Å². The quantitative estimate of drug-likeness (QED) is 0.0665. The van der Waals surface area contributed by atoms with Crippen LogP contribution < -0.4 is 29.6 Å². The van der Waals surface area contributed by atoms with Gasteiger partial charge in [-0.1, -0.05) is 11.2 Å². The Labute approximate surface area is 306 Å². The average Bonchev–Trinajstić information content (AvgIpc) is 3.70. The van der Waals surface area contributed by atoms with Gasteiger partial charge in [0, 0.05) is 28.4 Å². The Hall–Kier alpha value is -5.60. The first kappa shape index (κ1) is 37.2. The molecule has 53 heavy (non-hydrogen) atoms. The van der Waals surface area contributed by atoms with Crippen LogP contribution in [-0.4, -0.2) is 58.9 Å². The van der Waals surface area contributed by atoms with Crippen molar-refractivity contribution in [2.45, 2.75) is 51.9 Å². The summed E-state index contributed by atoms with van der Waals surface area (Å²) in [4.78, 5) is 12.8. The molecule has 0 spiro atoms. The molecule has 1 amide bonds. The van der Waals surface area contributed by atoms with Gasteiger partial charge >= 0.3 is 0 Å². The number of methoxy groups -OCH3 is 2. The lowest BCUT2D eigenvalue weighted by Gasteiger charge is -2.29. The van der Waals surface area contributed by atoms with E-state index < -0.39 is 6.17 Å². The van der Waals surface area contributed by atoms with E-state index in [9.17, 15) is 25.2 Å². The van der Waals surface area contributed by atoms with Gasteiger partial charge in [0.05, 0.1) is 59.4 Å². The fourth-order valence-corrected chi connectivity index (χ4v) is 6.24. The summed E-state index contributed by atoms with van der Waals surface area (Å²) in [6.07, 6.45) is 1.90. The van der Waals surface area contributed by atoms with Crippen LogP contribution in [0.2, 0.25) is 0 Å². The van der Waals surface area contributed by atoms with Crippen LogP contribution in [0.15, 0.2) is 77.3 Å². The van der Waals surface area contributed by atoms with E-state index >= 15 is 0 Å². The third-order valence-electron chi connectivity index (χ3n) is 9.13. The number of rotatable bonds is 17. The normalized spacial score (nSPS) is 13.5. The molecule has 0 aliphatic carbocycles. The fourth-order valence-electron chi connectivity index (χ4n) is 6.24. The Morgan fingerprint density at radius 2 is 1.40 bits per heavy atom. The number of aliphatic hydroxyl groups excluding tert-OH is 4. The average molecular weight is 726 g/mol. The predicted molar refractivity (Wildman–Crippen MR) is 196 cm³/mol. The molecular formula is C40H43N3O10. The summed E-state index contributed by atoms with van der Waals surface area (Å²) in [6, 6.07) is 21.4. The number of aromatic nitrogens is 1. The number of hydrogen-bond acceptors (Lipinski definition) is 12. The van der Waals surface area contributed by atoms with Gasteiger partial charge in [-0.3, -0.25) is 4.79 Å². The van der Waals surface area contributed by atoms with Gasteiger partial charge in [-0.25, -0.2) is 0 Å². The summed E-state index contributed by atoms with van der Waals surface area (Å²) in [6.45, 7) is -0.194. The smallest absolute Gasteiger partial charge is 0.255 e. The van der Waals surface area contributed by atoms with Gasteiger partial charge in [-0.05, 0) is 102 Å². The highest BCUT2D eigenvalue weighted by Gasteiger charge is 2.26. The second-order valence-corrected chi connectivity index (χ2v) is 12.4. The van der Waals surface area contributed by atoms with E-state index in [0.29, 0.717) is 86.7 Å². The van der Waals surface area contributed by atoms with E-state index in [1.54, 1.807) is 50.6 Å². The third-order valence-corrected chi connectivity index (χ3v) is 9.13. The summed E-state index contributed by atoms with van der Waals surface area (Å²) >= 11 is 0. The molecule has 4 aromatic carbocycles. The van der Waals surface area contributed by atoms with Crippen molar-refractivity contribution in [2.24, 2.45) is 0 Å². The summed E-state index contributed by atoms with van der Waals surface area (Å²) in [5.41, 5.74) is 6.00. The van der Waals surface area contributed by atoms with E-state index in [1.165, 1.54) is 0 Å². The second kappa shape index (κ2) is 17.3. The molecule has 13 nitrogen and oxygen atoms in total. The van der Waals surface area contributed by atoms with Crippen LogP contribution in [0.5, 0.6) is 23.0 Å². The molecule has 0 saturated carbocycles. The molecule has 1 aromatic heterocycles. The van der Waals surface area contributed by atoms with Gasteiger partial charge in [0.25, 0.3) is 5.91 Å². The number of fused-ring (bicyclic) bond motifs is 1. The van der Waals surface area contributed by atoms with Crippen molar-refractivity contribution in [1.82, 2.24) is 10.5 Å². The number of nitrogens with zero attached hydrogens (tertiary/aromatic N) is 1. The number of anilines is 1. The number of aliphatic hydroxyl groups is 4. The van der Waals surface area contributed by atoms with Crippen molar-refractivity contribution in [3.63, 3.8) is 0 Å². The molecule has 1 aliphatic heterocycles. The molecule has 6 rings (SSSR count). The minimum Gasteiger partial charge on any atom is -0.497 e. The number of nitrogens with one attached hydrogen (secondary N) is 2. The summed E-state index contributed by atoms with van der Waals surface area (Å²) < 4.78 is 28.5. The van der Waals surface area contributed by atoms with Crippen molar-refractivity contribution in [1.29, 1.82) is 0 Å². The summed E-state index contributed by atoms with van der Waals surface area (Å²) in [5.74, 6) is 2.59. The van der Waals surface area contributed by atoms with E-state index in [1.807, 2.05) is 36.4 Å². The van der Waals surface area contributed by atoms with Crippen molar-refractivity contribution in [3.8, 4) is 45.6 Å². The summed E-state index contributed by atoms with van der Waals surface area (Å²) in [7, 11) is 3.13. The first-order chi connectivity index (χ1) is 25.9. The Balaban J connectivity index is 1.00. The van der Waals surface area contributed by atoms with Gasteiger partial charge in [-0.2, -0.15) is 0 Å². The van der Waals surface area contributed by atoms with Crippen LogP contribution in [0.1, 0.15) is 63.6 Å². The van der Waals surface area contributed by atoms with Crippen molar-refractivity contribution in [3.05, 3.63) is 106 Å². The highest BCUT2D eigenvalue weighted by atomic mass is 16.5. The Kier molecular flexibility index (Phi) is 12.1. The van der Waals surface area contributed by atoms with E-state index in [-0.39, 0.29) is 32.3 Å². The number of carbonyl (C=O) groups excluding carboxylic acids is 1. The Bertz CT molecular complexity index is 2020. The van der Waals surface area contributed by atoms with Crippen LogP contribution in [0.4, 0.5) is 5.69 Å². The molecule has 278 valence electrons. The maximum Gasteiger partial charge on any atom is 0.255 e. The zero-order chi connectivity index (χ0) is 37.3. The minimum absolute atomic E-state index is 0.214. The molecule has 0 fully saturated rings. The Morgan fingerprint density at radius 1 is 0.679 bits per heavy atom. The number of amides is 1. The van der Waals surface area contributed by atoms with Crippen LogP contribution in [-0.2, 0) is 26.4 Å². The minimum atomic E-state index is -0.465. The van der Waals surface area contributed by atoms with Crippen LogP contribution >= 0.6 is 0 Å². The van der Waals surface area contributed by atoms with Gasteiger partial charge in [0.1, 0.15) is 23.4 Å². The van der Waals surface area contributed by atoms with Gasteiger partial charge in [0.15, 0.2) is 17.3 Å². The standard InChI is InChI=1S/C40H43N3O10/c1-49-30-8-9-33-31(18-30)40(48)42-39(41-33)25-7-10-35(29(14-25)22-46)51-12-4-3-5-13-52-38-17-24(6-11-36(38)50-2)37-19-34(43-53-37)26-15-27(20-44)32(23-47)28(16-26)21-45/h6-11,14-19,39,41,44-47H,3-5,12-13,20-23H2,1-2H3,(H,42,48). The number of ether oxygens (including phenoxy) is 4. The lowest BCUT2D eigenvalue weighted by atomic mass is 9.97. The molecule has 0 radical (unpaired) electrons. The molecule has 1 atom stereocenters. The van der Waals surface area contributed by atoms with Crippen LogP contribution in [0, 0.1) is 0 Å². The molecular weight excluding hydrogens is 682 g/mol. The van der Waals surface area contributed by atoms with Gasteiger partial charge in [-0.15, -0.1) is 0 Å². The Morgan fingerprint density at radius 3 is 2.08 bits per heavy atom. The molecule has 2 heterocycles. The lowest BCUT2D eigenvalue weighted by Crippen LogP contribution is -2.38. The first-order valence-corrected chi connectivity index (χ1v) is 17.3. The van der Waals surface area contributed by atoms with Crippen LogP contribution in [0.25, 0.3) is 22.6 Å². The van der Waals surface area contributed by atoms with E-state index in [0.717, 1.165) is 30.4 Å². The highest BCUT2D eigenvalue weighted by molar-refractivity contribution is 6.02. The van der Waals surface area contributed by atoms with Crippen molar-refractivity contribution >= 4 is 11.6 Å². The third kappa shape index (κ3) is 8.39. The monoisotopic (exact) mass is 725 g/mol. The van der Waals surface area contributed by atoms with E-state index in [4.69, 9.17) is 23.5 Å². The van der Waals surface area contributed by atoms with E-state index in [2.05, 4.69) is 15.8 Å². The molecule has 1 unspecified atom stereocenters.